The quantitative estimate of drug-likeness (QED) is 0.743. The van der Waals surface area contributed by atoms with Gasteiger partial charge in [0.2, 0.25) is 0 Å². The minimum absolute atomic E-state index is 0.0753. The van der Waals surface area contributed by atoms with E-state index in [4.69, 9.17) is 15.6 Å². The maximum Gasteiger partial charge on any atom is 0.124 e. The van der Waals surface area contributed by atoms with Crippen LogP contribution in [0.2, 0.25) is 0 Å². The van der Waals surface area contributed by atoms with Gasteiger partial charge in [0, 0.05) is 12.1 Å². The molecule has 0 bridgehead atoms. The van der Waals surface area contributed by atoms with Crippen molar-refractivity contribution in [3.05, 3.63) is 29.8 Å². The van der Waals surface area contributed by atoms with Gasteiger partial charge in [0.25, 0.3) is 0 Å². The molecule has 1 aromatic rings. The van der Waals surface area contributed by atoms with Gasteiger partial charge in [-0.1, -0.05) is 18.2 Å². The summed E-state index contributed by atoms with van der Waals surface area (Å²) in [5.41, 5.74) is 6.64. The highest BCUT2D eigenvalue weighted by atomic mass is 16.5. The molecular formula is C12H20N2O2. The Kier molecular flexibility index (Phi) is 5.25. The molecule has 4 heteroatoms. The monoisotopic (exact) mass is 224 g/mol. The van der Waals surface area contributed by atoms with Crippen molar-refractivity contribution in [2.75, 3.05) is 33.9 Å². The van der Waals surface area contributed by atoms with Crippen molar-refractivity contribution in [3.63, 3.8) is 0 Å². The maximum atomic E-state index is 9.04. The number of nitrogens with two attached hydrogens (primary N) is 1. The Bertz CT molecular complexity index is 316. The zero-order valence-corrected chi connectivity index (χ0v) is 9.89. The number of rotatable bonds is 6. The summed E-state index contributed by atoms with van der Waals surface area (Å²) in [4.78, 5) is 2.05. The molecule has 0 saturated carbocycles. The Balaban J connectivity index is 2.64. The number of aliphatic hydroxyl groups excluding tert-OH is 1. The fourth-order valence-corrected chi connectivity index (χ4v) is 1.35. The summed E-state index contributed by atoms with van der Waals surface area (Å²) in [5.74, 6) is 0.755. The second-order valence-corrected chi connectivity index (χ2v) is 3.98. The summed E-state index contributed by atoms with van der Waals surface area (Å²) in [6, 6.07) is 7.17. The zero-order chi connectivity index (χ0) is 12.0. The number of benzene rings is 1. The Labute approximate surface area is 96.6 Å². The van der Waals surface area contributed by atoms with Crippen LogP contribution in [0.15, 0.2) is 24.3 Å². The van der Waals surface area contributed by atoms with Gasteiger partial charge in [-0.25, -0.2) is 0 Å². The fraction of sp³-hybridized carbons (Fsp3) is 0.500. The molecule has 1 rings (SSSR count). The standard InChI is InChI=1S/C12H20N2O2/c1-14(2)7-8-16-12-6-4-3-5-10(12)11(13)9-15/h3-6,11,15H,7-9,13H2,1-2H3/t11-/m0/s1. The van der Waals surface area contributed by atoms with Gasteiger partial charge in [0.15, 0.2) is 0 Å². The SMILES string of the molecule is CN(C)CCOc1ccccc1[C@@H](N)CO. The van der Waals surface area contributed by atoms with E-state index in [1.165, 1.54) is 0 Å². The van der Waals surface area contributed by atoms with E-state index in [0.29, 0.717) is 6.61 Å². The summed E-state index contributed by atoms with van der Waals surface area (Å²) >= 11 is 0. The number of likely N-dealkylation sites (N-methyl/N-ethyl adjacent to an activating group) is 1. The van der Waals surface area contributed by atoms with Crippen LogP contribution in [0.5, 0.6) is 5.75 Å². The Hall–Kier alpha value is -1.10. The van der Waals surface area contributed by atoms with E-state index in [-0.39, 0.29) is 12.6 Å². The molecule has 90 valence electrons. The lowest BCUT2D eigenvalue weighted by Gasteiger charge is -2.16. The van der Waals surface area contributed by atoms with Crippen molar-refractivity contribution in [2.24, 2.45) is 5.73 Å². The molecule has 1 aromatic carbocycles. The van der Waals surface area contributed by atoms with E-state index < -0.39 is 0 Å². The molecule has 0 unspecified atom stereocenters. The van der Waals surface area contributed by atoms with Gasteiger partial charge >= 0.3 is 0 Å². The predicted molar refractivity (Wildman–Crippen MR) is 64.5 cm³/mol. The first-order chi connectivity index (χ1) is 7.65. The Morgan fingerprint density at radius 1 is 1.38 bits per heavy atom. The topological polar surface area (TPSA) is 58.7 Å². The van der Waals surface area contributed by atoms with Gasteiger partial charge in [-0.05, 0) is 20.2 Å². The lowest BCUT2D eigenvalue weighted by Crippen LogP contribution is -2.21. The van der Waals surface area contributed by atoms with Crippen molar-refractivity contribution in [2.45, 2.75) is 6.04 Å². The molecule has 0 radical (unpaired) electrons. The van der Waals surface area contributed by atoms with Gasteiger partial charge in [-0.15, -0.1) is 0 Å². The van der Waals surface area contributed by atoms with Crippen LogP contribution in [0.1, 0.15) is 11.6 Å². The zero-order valence-electron chi connectivity index (χ0n) is 9.89. The average molecular weight is 224 g/mol. The van der Waals surface area contributed by atoms with Crippen LogP contribution >= 0.6 is 0 Å². The van der Waals surface area contributed by atoms with Crippen LogP contribution in [0.3, 0.4) is 0 Å². The molecule has 4 nitrogen and oxygen atoms in total. The van der Waals surface area contributed by atoms with Gasteiger partial charge in [-0.3, -0.25) is 0 Å². The first-order valence-corrected chi connectivity index (χ1v) is 5.38. The molecule has 1 atom stereocenters. The predicted octanol–water partition coefficient (Wildman–Crippen LogP) is 0.619. The van der Waals surface area contributed by atoms with Crippen LogP contribution in [0, 0.1) is 0 Å². The van der Waals surface area contributed by atoms with Gasteiger partial charge in [-0.2, -0.15) is 0 Å². The van der Waals surface area contributed by atoms with Crippen molar-refractivity contribution in [1.82, 2.24) is 4.90 Å². The molecule has 3 N–H and O–H groups in total. The van der Waals surface area contributed by atoms with E-state index in [2.05, 4.69) is 4.90 Å². The van der Waals surface area contributed by atoms with E-state index in [1.807, 2.05) is 38.4 Å². The molecule has 0 saturated heterocycles. The highest BCUT2D eigenvalue weighted by Gasteiger charge is 2.10. The first-order valence-electron chi connectivity index (χ1n) is 5.38. The van der Waals surface area contributed by atoms with E-state index in [9.17, 15) is 0 Å². The Morgan fingerprint density at radius 3 is 2.69 bits per heavy atom. The molecule has 16 heavy (non-hydrogen) atoms. The normalized spacial score (nSPS) is 12.8. The van der Waals surface area contributed by atoms with Gasteiger partial charge in [0.1, 0.15) is 12.4 Å². The maximum absolute atomic E-state index is 9.04. The van der Waals surface area contributed by atoms with Crippen molar-refractivity contribution in [3.8, 4) is 5.75 Å². The van der Waals surface area contributed by atoms with E-state index in [0.717, 1.165) is 17.9 Å². The molecule has 0 aliphatic rings. The third-order valence-corrected chi connectivity index (χ3v) is 2.31. The van der Waals surface area contributed by atoms with Crippen LogP contribution in [-0.4, -0.2) is 43.9 Å². The minimum atomic E-state index is -0.379. The molecule has 0 fully saturated rings. The largest absolute Gasteiger partial charge is 0.492 e. The lowest BCUT2D eigenvalue weighted by molar-refractivity contribution is 0.245. The Morgan fingerprint density at radius 2 is 2.06 bits per heavy atom. The number of hydrogen-bond donors (Lipinski definition) is 2. The van der Waals surface area contributed by atoms with Crippen LogP contribution in [0.4, 0.5) is 0 Å². The lowest BCUT2D eigenvalue weighted by atomic mass is 10.1. The molecular weight excluding hydrogens is 204 g/mol. The van der Waals surface area contributed by atoms with Crippen LogP contribution in [0.25, 0.3) is 0 Å². The van der Waals surface area contributed by atoms with Crippen molar-refractivity contribution in [1.29, 1.82) is 0 Å². The molecule has 0 aliphatic carbocycles. The summed E-state index contributed by atoms with van der Waals surface area (Å²) in [5, 5.41) is 9.04. The highest BCUT2D eigenvalue weighted by Crippen LogP contribution is 2.23. The number of para-hydroxylation sites is 1. The van der Waals surface area contributed by atoms with Gasteiger partial charge < -0.3 is 20.5 Å². The molecule has 0 amide bonds. The third kappa shape index (κ3) is 3.81. The summed E-state index contributed by atoms with van der Waals surface area (Å²) < 4.78 is 5.64. The van der Waals surface area contributed by atoms with Crippen LogP contribution < -0.4 is 10.5 Å². The minimum Gasteiger partial charge on any atom is -0.492 e. The summed E-state index contributed by atoms with van der Waals surface area (Å²) in [6.45, 7) is 1.39. The number of aliphatic hydroxyl groups is 1. The number of ether oxygens (including phenoxy) is 1. The summed E-state index contributed by atoms with van der Waals surface area (Å²) in [6.07, 6.45) is 0. The first kappa shape index (κ1) is 13.0. The highest BCUT2D eigenvalue weighted by molar-refractivity contribution is 5.35. The molecule has 0 heterocycles. The molecule has 0 aromatic heterocycles. The smallest absolute Gasteiger partial charge is 0.124 e. The van der Waals surface area contributed by atoms with Crippen molar-refractivity contribution < 1.29 is 9.84 Å². The fourth-order valence-electron chi connectivity index (χ4n) is 1.35. The van der Waals surface area contributed by atoms with Crippen LogP contribution in [-0.2, 0) is 0 Å². The van der Waals surface area contributed by atoms with Gasteiger partial charge in [0.05, 0.1) is 12.6 Å². The molecule has 0 spiro atoms. The average Bonchev–Trinajstić information content (AvgIpc) is 2.28. The third-order valence-electron chi connectivity index (χ3n) is 2.31. The second-order valence-electron chi connectivity index (χ2n) is 3.98. The second kappa shape index (κ2) is 6.48. The molecule has 0 aliphatic heterocycles. The van der Waals surface area contributed by atoms with Crippen molar-refractivity contribution >= 4 is 0 Å². The number of nitrogens with zero attached hydrogens (tertiary/aromatic N) is 1. The van der Waals surface area contributed by atoms with E-state index >= 15 is 0 Å². The number of hydrogen-bond acceptors (Lipinski definition) is 4. The summed E-state index contributed by atoms with van der Waals surface area (Å²) in [7, 11) is 3.99. The van der Waals surface area contributed by atoms with E-state index in [1.54, 1.807) is 0 Å².